The lowest BCUT2D eigenvalue weighted by Crippen LogP contribution is -2.13. The Morgan fingerprint density at radius 3 is 2.41 bits per heavy atom. The van der Waals surface area contributed by atoms with Gasteiger partial charge in [-0.2, -0.15) is 0 Å². The number of benzene rings is 3. The van der Waals surface area contributed by atoms with Gasteiger partial charge in [-0.05, 0) is 39.2 Å². The van der Waals surface area contributed by atoms with Crippen molar-refractivity contribution in [1.82, 2.24) is 0 Å². The number of hydrogen-bond donors (Lipinski definition) is 0. The molecule has 3 aromatic rings. The summed E-state index contributed by atoms with van der Waals surface area (Å²) in [4.78, 5) is 22.9. The highest BCUT2D eigenvalue weighted by Gasteiger charge is 2.26. The van der Waals surface area contributed by atoms with E-state index in [0.29, 0.717) is 11.1 Å². The summed E-state index contributed by atoms with van der Waals surface area (Å²) in [5, 5.41) is 14.9. The van der Waals surface area contributed by atoms with Gasteiger partial charge in [-0.15, -0.1) is 0 Å². The Hall–Kier alpha value is -3.01. The standard InChI is InChI=1S/C18H11NO3/c20-17-10-15(19(21)22)8-14-6-5-13-7-11-3-1-2-4-12(11)9-16(13)18(14)17/h1-9H,10H2. The Labute approximate surface area is 125 Å². The first-order chi connectivity index (χ1) is 10.6. The zero-order chi connectivity index (χ0) is 15.3. The van der Waals surface area contributed by atoms with Crippen LogP contribution in [0.25, 0.3) is 27.6 Å². The Bertz CT molecular complexity index is 1000. The predicted molar refractivity (Wildman–Crippen MR) is 85.4 cm³/mol. The van der Waals surface area contributed by atoms with Crippen LogP contribution in [0.3, 0.4) is 0 Å². The molecule has 4 heteroatoms. The minimum absolute atomic E-state index is 0.0439. The second-order valence-electron chi connectivity index (χ2n) is 5.44. The topological polar surface area (TPSA) is 60.2 Å². The Morgan fingerprint density at radius 1 is 0.955 bits per heavy atom. The van der Waals surface area contributed by atoms with Crippen molar-refractivity contribution in [3.8, 4) is 0 Å². The van der Waals surface area contributed by atoms with Crippen molar-refractivity contribution in [2.24, 2.45) is 0 Å². The number of ketones is 1. The fourth-order valence-electron chi connectivity index (χ4n) is 3.06. The number of nitro groups is 1. The molecular formula is C18H11NO3. The number of carbonyl (C=O) groups is 1. The van der Waals surface area contributed by atoms with Crippen LogP contribution in [0.2, 0.25) is 0 Å². The second-order valence-corrected chi connectivity index (χ2v) is 5.44. The van der Waals surface area contributed by atoms with Crippen molar-refractivity contribution in [2.45, 2.75) is 6.42 Å². The van der Waals surface area contributed by atoms with Crippen LogP contribution in [-0.4, -0.2) is 10.7 Å². The maximum absolute atomic E-state index is 12.4. The number of rotatable bonds is 1. The predicted octanol–water partition coefficient (Wildman–Crippen LogP) is 4.20. The van der Waals surface area contributed by atoms with Gasteiger partial charge in [0.25, 0.3) is 5.70 Å². The number of hydrogen-bond acceptors (Lipinski definition) is 3. The molecule has 0 heterocycles. The molecule has 1 aliphatic rings. The van der Waals surface area contributed by atoms with Gasteiger partial charge in [0.2, 0.25) is 0 Å². The smallest absolute Gasteiger partial charge is 0.254 e. The summed E-state index contributed by atoms with van der Waals surface area (Å²) in [5.74, 6) is -0.190. The molecule has 0 saturated carbocycles. The molecule has 0 aliphatic heterocycles. The van der Waals surface area contributed by atoms with E-state index in [4.69, 9.17) is 0 Å². The fourth-order valence-corrected chi connectivity index (χ4v) is 3.06. The molecule has 0 bridgehead atoms. The molecule has 0 fully saturated rings. The first-order valence-electron chi connectivity index (χ1n) is 6.97. The molecule has 22 heavy (non-hydrogen) atoms. The summed E-state index contributed by atoms with van der Waals surface area (Å²) in [5.41, 5.74) is 1.18. The average molecular weight is 289 g/mol. The van der Waals surface area contributed by atoms with E-state index in [1.807, 2.05) is 42.5 Å². The second kappa shape index (κ2) is 4.49. The van der Waals surface area contributed by atoms with Crippen LogP contribution in [0, 0.1) is 10.1 Å². The quantitative estimate of drug-likeness (QED) is 0.383. The van der Waals surface area contributed by atoms with Gasteiger partial charge in [0, 0.05) is 11.6 Å². The van der Waals surface area contributed by atoms with E-state index < -0.39 is 4.92 Å². The number of Topliss-reactive ketones (excluding diaryl/α,β-unsaturated/α-hetero) is 1. The van der Waals surface area contributed by atoms with Gasteiger partial charge in [0.15, 0.2) is 5.78 Å². The van der Waals surface area contributed by atoms with E-state index in [-0.39, 0.29) is 17.9 Å². The van der Waals surface area contributed by atoms with Gasteiger partial charge < -0.3 is 0 Å². The van der Waals surface area contributed by atoms with Gasteiger partial charge in [0.1, 0.15) is 6.42 Å². The zero-order valence-electron chi connectivity index (χ0n) is 11.6. The highest BCUT2D eigenvalue weighted by atomic mass is 16.6. The summed E-state index contributed by atoms with van der Waals surface area (Å²) >= 11 is 0. The van der Waals surface area contributed by atoms with Crippen LogP contribution in [0.15, 0.2) is 54.2 Å². The molecule has 4 rings (SSSR count). The molecule has 0 unspecified atom stereocenters. The largest absolute Gasteiger partial charge is 0.294 e. The Balaban J connectivity index is 2.07. The van der Waals surface area contributed by atoms with Crippen molar-refractivity contribution in [2.75, 3.05) is 0 Å². The van der Waals surface area contributed by atoms with E-state index in [0.717, 1.165) is 21.5 Å². The van der Waals surface area contributed by atoms with E-state index in [1.165, 1.54) is 6.08 Å². The summed E-state index contributed by atoms with van der Waals surface area (Å²) < 4.78 is 0. The third-order valence-electron chi connectivity index (χ3n) is 4.10. The first-order valence-corrected chi connectivity index (χ1v) is 6.97. The number of carbonyl (C=O) groups excluding carboxylic acids is 1. The minimum Gasteiger partial charge on any atom is -0.294 e. The first kappa shape index (κ1) is 12.7. The van der Waals surface area contributed by atoms with Crippen LogP contribution in [0.5, 0.6) is 0 Å². The van der Waals surface area contributed by atoms with Crippen molar-refractivity contribution in [1.29, 1.82) is 0 Å². The third-order valence-corrected chi connectivity index (χ3v) is 4.10. The molecule has 0 aromatic heterocycles. The Morgan fingerprint density at radius 2 is 1.68 bits per heavy atom. The molecule has 0 N–H and O–H groups in total. The highest BCUT2D eigenvalue weighted by molar-refractivity contribution is 6.15. The molecule has 3 aromatic carbocycles. The number of fused-ring (bicyclic) bond motifs is 4. The van der Waals surface area contributed by atoms with E-state index in [2.05, 4.69) is 0 Å². The lowest BCUT2D eigenvalue weighted by Gasteiger charge is -2.14. The number of allylic oxidation sites excluding steroid dienone is 1. The van der Waals surface area contributed by atoms with Crippen LogP contribution in [-0.2, 0) is 0 Å². The third kappa shape index (κ3) is 1.81. The van der Waals surface area contributed by atoms with Gasteiger partial charge >= 0.3 is 0 Å². The zero-order valence-corrected chi connectivity index (χ0v) is 11.6. The summed E-state index contributed by atoms with van der Waals surface area (Å²) in [6.45, 7) is 0. The maximum atomic E-state index is 12.4. The van der Waals surface area contributed by atoms with Crippen molar-refractivity contribution in [3.63, 3.8) is 0 Å². The van der Waals surface area contributed by atoms with E-state index in [1.54, 1.807) is 6.07 Å². The number of nitrogens with zero attached hydrogens (tertiary/aromatic N) is 1. The monoisotopic (exact) mass is 289 g/mol. The normalized spacial score (nSPS) is 14.0. The molecule has 0 atom stereocenters. The van der Waals surface area contributed by atoms with Gasteiger partial charge in [-0.25, -0.2) is 0 Å². The van der Waals surface area contributed by atoms with Crippen LogP contribution in [0.4, 0.5) is 0 Å². The van der Waals surface area contributed by atoms with Crippen LogP contribution < -0.4 is 0 Å². The van der Waals surface area contributed by atoms with Crippen molar-refractivity contribution in [3.05, 3.63) is 75.5 Å². The van der Waals surface area contributed by atoms with Crippen LogP contribution in [0.1, 0.15) is 22.3 Å². The highest BCUT2D eigenvalue weighted by Crippen LogP contribution is 2.33. The van der Waals surface area contributed by atoms with Crippen molar-refractivity contribution < 1.29 is 9.72 Å². The molecule has 0 amide bonds. The molecule has 0 radical (unpaired) electrons. The van der Waals surface area contributed by atoms with E-state index in [9.17, 15) is 14.9 Å². The molecular weight excluding hydrogens is 278 g/mol. The van der Waals surface area contributed by atoms with Gasteiger partial charge in [-0.1, -0.05) is 36.4 Å². The summed E-state index contributed by atoms with van der Waals surface area (Å²) in [7, 11) is 0. The molecule has 106 valence electrons. The Kier molecular flexibility index (Phi) is 2.60. The molecule has 0 saturated heterocycles. The molecule has 0 spiro atoms. The van der Waals surface area contributed by atoms with Gasteiger partial charge in [-0.3, -0.25) is 14.9 Å². The minimum atomic E-state index is -0.481. The lowest BCUT2D eigenvalue weighted by atomic mass is 9.88. The molecule has 4 nitrogen and oxygen atoms in total. The summed E-state index contributed by atoms with van der Waals surface area (Å²) in [6, 6.07) is 15.7. The molecule has 1 aliphatic carbocycles. The van der Waals surface area contributed by atoms with Crippen LogP contribution >= 0.6 is 0 Å². The average Bonchev–Trinajstić information content (AvgIpc) is 2.52. The van der Waals surface area contributed by atoms with E-state index >= 15 is 0 Å². The lowest BCUT2D eigenvalue weighted by molar-refractivity contribution is -0.424. The maximum Gasteiger partial charge on any atom is 0.254 e. The van der Waals surface area contributed by atoms with Gasteiger partial charge in [0.05, 0.1) is 4.92 Å². The fraction of sp³-hybridized carbons (Fsp3) is 0.0556. The SMILES string of the molecule is O=C1CC([N+](=O)[O-])=Cc2ccc3cc4ccccc4cc3c21. The summed E-state index contributed by atoms with van der Waals surface area (Å²) in [6.07, 6.45) is 1.36. The van der Waals surface area contributed by atoms with Crippen molar-refractivity contribution >= 4 is 33.4 Å².